The molecule has 2 amide bonds. The second kappa shape index (κ2) is 13.7. The molecule has 1 saturated heterocycles. The summed E-state index contributed by atoms with van der Waals surface area (Å²) in [6.45, 7) is 11.2. The Morgan fingerprint density at radius 1 is 1.14 bits per heavy atom. The smallest absolute Gasteiger partial charge is 0.302 e. The summed E-state index contributed by atoms with van der Waals surface area (Å²) in [4.78, 5) is 49.7. The highest BCUT2D eigenvalue weighted by atomic mass is 32.2. The molecule has 0 aliphatic carbocycles. The highest BCUT2D eigenvalue weighted by Crippen LogP contribution is 2.40. The molecule has 3 rings (SSSR count). The summed E-state index contributed by atoms with van der Waals surface area (Å²) in [5.41, 5.74) is -0.0250. The number of aliphatic carboxylic acids is 1. The number of carbonyl (C=O) groups excluding carboxylic acids is 4. The number of ether oxygens (including phenoxy) is 2. The van der Waals surface area contributed by atoms with Gasteiger partial charge in [-0.3, -0.25) is 19.3 Å². The molecule has 2 heterocycles. The Morgan fingerprint density at radius 2 is 1.77 bits per heavy atom. The van der Waals surface area contributed by atoms with Gasteiger partial charge < -0.3 is 29.6 Å². The van der Waals surface area contributed by atoms with E-state index in [1.807, 2.05) is 6.07 Å². The molecule has 10 nitrogen and oxygen atoms in total. The van der Waals surface area contributed by atoms with E-state index in [1.54, 1.807) is 29.2 Å². The maximum Gasteiger partial charge on any atom is 0.302 e. The molecule has 1 aromatic carbocycles. The predicted octanol–water partition coefficient (Wildman–Crippen LogP) is -1.04. The predicted molar refractivity (Wildman–Crippen MR) is 128 cm³/mol. The Hall–Kier alpha value is -3.05. The van der Waals surface area contributed by atoms with Crippen molar-refractivity contribution < 1.29 is 38.7 Å². The van der Waals surface area contributed by atoms with Crippen LogP contribution in [0.1, 0.15) is 27.7 Å². The molecule has 1 fully saturated rings. The van der Waals surface area contributed by atoms with Crippen LogP contribution >= 0.6 is 11.8 Å². The van der Waals surface area contributed by atoms with Gasteiger partial charge in [0.25, 0.3) is 11.8 Å². The number of rotatable bonds is 10. The van der Waals surface area contributed by atoms with Gasteiger partial charge in [-0.15, -0.1) is 11.8 Å². The van der Waals surface area contributed by atoms with E-state index in [0.717, 1.165) is 4.90 Å². The van der Waals surface area contributed by atoms with Gasteiger partial charge >= 0.3 is 5.97 Å². The van der Waals surface area contributed by atoms with E-state index in [-0.39, 0.29) is 30.2 Å². The zero-order valence-corrected chi connectivity index (χ0v) is 21.3. The number of hydrogen-bond donors (Lipinski definition) is 2. The molecule has 0 saturated carbocycles. The molecule has 0 aromatic heterocycles. The van der Waals surface area contributed by atoms with Crippen molar-refractivity contribution in [1.82, 2.24) is 10.2 Å². The van der Waals surface area contributed by atoms with Crippen molar-refractivity contribution in [3.63, 3.8) is 0 Å². The third-order valence-corrected chi connectivity index (χ3v) is 6.96. The van der Waals surface area contributed by atoms with Crippen molar-refractivity contribution in [3.05, 3.63) is 41.6 Å². The molecule has 2 N–H and O–H groups in total. The lowest BCUT2D eigenvalue weighted by Crippen LogP contribution is -3.11. The molecule has 0 radical (unpaired) electrons. The van der Waals surface area contributed by atoms with E-state index in [9.17, 15) is 24.3 Å². The molecule has 11 heteroatoms. The molecular weight excluding hydrogens is 474 g/mol. The van der Waals surface area contributed by atoms with E-state index in [1.165, 1.54) is 38.3 Å². The van der Waals surface area contributed by atoms with Crippen LogP contribution in [0.15, 0.2) is 41.6 Å². The molecule has 2 aliphatic heterocycles. The van der Waals surface area contributed by atoms with Crippen LogP contribution in [0.25, 0.3) is 0 Å². The van der Waals surface area contributed by atoms with Gasteiger partial charge in [0, 0.05) is 18.2 Å². The molecule has 35 heavy (non-hydrogen) atoms. The number of benzene rings is 1. The first kappa shape index (κ1) is 28.2. The fraction of sp³-hybridized carbons (Fsp3) is 0.500. The largest absolute Gasteiger partial charge is 0.543 e. The van der Waals surface area contributed by atoms with E-state index in [0.29, 0.717) is 5.75 Å². The standard InChI is InChI=1S/C18H18N2O7S.C6H15N/c1-10(21)26-7-11-9-28-17-14(16(23)20(17)15(11)18(24)25)19-13(22)8-27-12-5-3-2-4-6-12;1-4-7(5-2)6-3/h2-6,14,17H,7-9H2,1H3,(H,19,22)(H,24,25);4-6H2,1-3H3/t14-,17-;/m1./s1. The summed E-state index contributed by atoms with van der Waals surface area (Å²) in [5.74, 6) is -2.40. The van der Waals surface area contributed by atoms with Crippen LogP contribution in [0.5, 0.6) is 5.75 Å². The number of carboxylic acid groups (broad SMARTS) is 1. The summed E-state index contributed by atoms with van der Waals surface area (Å²) in [6, 6.07) is 7.87. The van der Waals surface area contributed by atoms with Gasteiger partial charge in [0.2, 0.25) is 0 Å². The Bertz CT molecular complexity index is 929. The van der Waals surface area contributed by atoms with Crippen LogP contribution < -0.4 is 20.1 Å². The number of carbonyl (C=O) groups is 4. The fourth-order valence-electron chi connectivity index (χ4n) is 3.60. The molecule has 1 aromatic rings. The molecule has 0 spiro atoms. The van der Waals surface area contributed by atoms with Crippen molar-refractivity contribution in [2.24, 2.45) is 0 Å². The van der Waals surface area contributed by atoms with E-state index in [2.05, 4.69) is 26.1 Å². The highest BCUT2D eigenvalue weighted by Gasteiger charge is 2.52. The fourth-order valence-corrected chi connectivity index (χ4v) is 4.93. The summed E-state index contributed by atoms with van der Waals surface area (Å²) in [6.07, 6.45) is 0. The van der Waals surface area contributed by atoms with Crippen molar-refractivity contribution in [2.75, 3.05) is 38.6 Å². The van der Waals surface area contributed by atoms with Crippen LogP contribution in [0.4, 0.5) is 0 Å². The Kier molecular flexibility index (Phi) is 11.1. The average Bonchev–Trinajstić information content (AvgIpc) is 2.86. The SMILES string of the molecule is CC(=O)OCC1=C(C(=O)[O-])N2C(=O)[C@@H](NC(=O)COc3ccccc3)[C@H]2SC1.CC[NH+](CC)CC. The van der Waals surface area contributed by atoms with E-state index >= 15 is 0 Å². The maximum atomic E-state index is 12.4. The number of para-hydroxylation sites is 1. The zero-order valence-electron chi connectivity index (χ0n) is 20.5. The average molecular weight is 508 g/mol. The first-order chi connectivity index (χ1) is 16.7. The number of β-lactam (4-membered cyclic amide) rings is 1. The highest BCUT2D eigenvalue weighted by molar-refractivity contribution is 8.00. The number of nitrogens with zero attached hydrogens (tertiary/aromatic N) is 1. The summed E-state index contributed by atoms with van der Waals surface area (Å²) >= 11 is 1.27. The minimum absolute atomic E-state index is 0.232. The third-order valence-electron chi connectivity index (χ3n) is 5.62. The van der Waals surface area contributed by atoms with Gasteiger partial charge in [0.15, 0.2) is 6.61 Å². The van der Waals surface area contributed by atoms with Crippen LogP contribution in [0, 0.1) is 0 Å². The normalized spacial score (nSPS) is 18.7. The minimum Gasteiger partial charge on any atom is -0.543 e. The van der Waals surface area contributed by atoms with Gasteiger partial charge in [-0.1, -0.05) is 18.2 Å². The number of thioether (sulfide) groups is 1. The second-order valence-corrected chi connectivity index (χ2v) is 8.99. The van der Waals surface area contributed by atoms with Crippen LogP contribution in [-0.4, -0.2) is 78.7 Å². The molecular formula is C24H33N3O7S. The van der Waals surface area contributed by atoms with Gasteiger partial charge in [0.1, 0.15) is 23.8 Å². The van der Waals surface area contributed by atoms with E-state index < -0.39 is 35.2 Å². The lowest BCUT2D eigenvalue weighted by atomic mass is 10.0. The molecule has 2 atom stereocenters. The quantitative estimate of drug-likeness (QED) is 0.304. The Labute approximate surface area is 209 Å². The summed E-state index contributed by atoms with van der Waals surface area (Å²) in [5, 5.41) is 13.5. The van der Waals surface area contributed by atoms with Gasteiger partial charge in [-0.25, -0.2) is 0 Å². The molecule has 0 bridgehead atoms. The molecule has 2 aliphatic rings. The van der Waals surface area contributed by atoms with Crippen molar-refractivity contribution in [1.29, 1.82) is 0 Å². The van der Waals surface area contributed by atoms with Crippen LogP contribution in [0.2, 0.25) is 0 Å². The number of nitrogens with one attached hydrogen (secondary N) is 2. The lowest BCUT2D eigenvalue weighted by Gasteiger charge is -2.50. The number of carboxylic acids is 1. The monoisotopic (exact) mass is 507 g/mol. The van der Waals surface area contributed by atoms with Crippen molar-refractivity contribution in [3.8, 4) is 5.75 Å². The second-order valence-electron chi connectivity index (χ2n) is 7.89. The molecule has 0 unspecified atom stereocenters. The number of quaternary nitrogens is 1. The van der Waals surface area contributed by atoms with Crippen molar-refractivity contribution in [2.45, 2.75) is 39.1 Å². The summed E-state index contributed by atoms with van der Waals surface area (Å²) in [7, 11) is 0. The third kappa shape index (κ3) is 7.72. The van der Waals surface area contributed by atoms with Gasteiger partial charge in [-0.2, -0.15) is 0 Å². The van der Waals surface area contributed by atoms with E-state index in [4.69, 9.17) is 9.47 Å². The van der Waals surface area contributed by atoms with Gasteiger partial charge in [-0.05, 0) is 32.9 Å². The van der Waals surface area contributed by atoms with Crippen LogP contribution in [0.3, 0.4) is 0 Å². The first-order valence-corrected chi connectivity index (χ1v) is 12.6. The Morgan fingerprint density at radius 3 is 2.29 bits per heavy atom. The summed E-state index contributed by atoms with van der Waals surface area (Å²) < 4.78 is 10.2. The zero-order chi connectivity index (χ0) is 26.0. The van der Waals surface area contributed by atoms with Gasteiger partial charge in [0.05, 0.1) is 31.3 Å². The Balaban J connectivity index is 0.000000540. The maximum absolute atomic E-state index is 12.4. The first-order valence-electron chi connectivity index (χ1n) is 11.6. The lowest BCUT2D eigenvalue weighted by molar-refractivity contribution is -0.894. The number of amides is 2. The topological polar surface area (TPSA) is 130 Å². The number of hydrogen-bond acceptors (Lipinski definition) is 8. The minimum atomic E-state index is -1.53. The van der Waals surface area contributed by atoms with Crippen LogP contribution in [-0.2, 0) is 23.9 Å². The number of esters is 1. The number of fused-ring (bicyclic) bond motifs is 1. The van der Waals surface area contributed by atoms with Crippen molar-refractivity contribution >= 4 is 35.5 Å². The molecule has 192 valence electrons.